The van der Waals surface area contributed by atoms with Crippen LogP contribution in [0, 0.1) is 10.1 Å². The van der Waals surface area contributed by atoms with Gasteiger partial charge >= 0.3 is 5.69 Å². The summed E-state index contributed by atoms with van der Waals surface area (Å²) in [6.07, 6.45) is 0. The maximum Gasteiger partial charge on any atom is 0.314 e. The molecule has 0 unspecified atom stereocenters. The molecular formula is C14H13NO5. The van der Waals surface area contributed by atoms with E-state index >= 15 is 0 Å². The molecule has 104 valence electrons. The highest BCUT2D eigenvalue weighted by molar-refractivity contribution is 5.52. The molecule has 6 heteroatoms. The lowest BCUT2D eigenvalue weighted by molar-refractivity contribution is -0.385. The number of benzene rings is 2. The standard InChI is InChI=1S/C14H13NO5/c1-19-14-7-6-11(8-12(14)15(17)18)20-13-5-3-2-4-10(13)9-16/h2-8,16H,9H2,1H3. The highest BCUT2D eigenvalue weighted by atomic mass is 16.6. The number of para-hydroxylation sites is 1. The molecule has 2 aromatic rings. The molecule has 2 aromatic carbocycles. The first-order chi connectivity index (χ1) is 9.65. The van der Waals surface area contributed by atoms with Crippen LogP contribution in [-0.4, -0.2) is 17.1 Å². The summed E-state index contributed by atoms with van der Waals surface area (Å²) in [4.78, 5) is 10.4. The second-order valence-corrected chi connectivity index (χ2v) is 3.96. The molecule has 0 amide bonds. The average molecular weight is 275 g/mol. The van der Waals surface area contributed by atoms with Gasteiger partial charge in [-0.2, -0.15) is 0 Å². The maximum absolute atomic E-state index is 10.9. The van der Waals surface area contributed by atoms with Gasteiger partial charge in [-0.3, -0.25) is 10.1 Å². The van der Waals surface area contributed by atoms with Crippen molar-refractivity contribution >= 4 is 5.69 Å². The molecule has 0 aliphatic heterocycles. The minimum atomic E-state index is -0.538. The van der Waals surface area contributed by atoms with E-state index in [2.05, 4.69) is 0 Å². The zero-order valence-electron chi connectivity index (χ0n) is 10.8. The third-order valence-corrected chi connectivity index (χ3v) is 2.72. The van der Waals surface area contributed by atoms with Gasteiger partial charge in [0.1, 0.15) is 11.5 Å². The van der Waals surface area contributed by atoms with E-state index in [1.807, 2.05) is 0 Å². The van der Waals surface area contributed by atoms with Gasteiger partial charge in [0, 0.05) is 5.56 Å². The zero-order chi connectivity index (χ0) is 14.5. The first-order valence-corrected chi connectivity index (χ1v) is 5.84. The molecule has 0 aliphatic rings. The molecule has 0 aromatic heterocycles. The van der Waals surface area contributed by atoms with E-state index in [0.717, 1.165) is 0 Å². The van der Waals surface area contributed by atoms with Crippen LogP contribution in [0.4, 0.5) is 5.69 Å². The summed E-state index contributed by atoms with van der Waals surface area (Å²) in [6.45, 7) is -0.172. The predicted octanol–water partition coefficient (Wildman–Crippen LogP) is 2.89. The summed E-state index contributed by atoms with van der Waals surface area (Å²) in [6, 6.07) is 11.2. The van der Waals surface area contributed by atoms with Crippen molar-refractivity contribution in [2.75, 3.05) is 7.11 Å². The van der Waals surface area contributed by atoms with Gasteiger partial charge in [0.05, 0.1) is 24.7 Å². The second kappa shape index (κ2) is 6.03. The largest absolute Gasteiger partial charge is 0.490 e. The van der Waals surface area contributed by atoms with Crippen molar-refractivity contribution in [3.05, 3.63) is 58.1 Å². The molecule has 6 nitrogen and oxygen atoms in total. The Hall–Kier alpha value is -2.60. The van der Waals surface area contributed by atoms with Gasteiger partial charge < -0.3 is 14.6 Å². The number of hydrogen-bond acceptors (Lipinski definition) is 5. The molecule has 0 spiro atoms. The molecule has 20 heavy (non-hydrogen) atoms. The summed E-state index contributed by atoms with van der Waals surface area (Å²) in [5.74, 6) is 0.922. The maximum atomic E-state index is 10.9. The lowest BCUT2D eigenvalue weighted by atomic mass is 10.2. The fourth-order valence-electron chi connectivity index (χ4n) is 1.74. The van der Waals surface area contributed by atoms with E-state index in [9.17, 15) is 15.2 Å². The number of methoxy groups -OCH3 is 1. The molecule has 0 bridgehead atoms. The predicted molar refractivity (Wildman–Crippen MR) is 72.1 cm³/mol. The van der Waals surface area contributed by atoms with Crippen LogP contribution < -0.4 is 9.47 Å². The minimum absolute atomic E-state index is 0.165. The van der Waals surface area contributed by atoms with Crippen LogP contribution in [0.5, 0.6) is 17.2 Å². The van der Waals surface area contributed by atoms with Crippen LogP contribution in [0.2, 0.25) is 0 Å². The van der Waals surface area contributed by atoms with Crippen LogP contribution in [-0.2, 0) is 6.61 Å². The number of nitro benzene ring substituents is 1. The van der Waals surface area contributed by atoms with Crippen LogP contribution in [0.25, 0.3) is 0 Å². The first-order valence-electron chi connectivity index (χ1n) is 5.84. The Morgan fingerprint density at radius 3 is 2.60 bits per heavy atom. The molecule has 2 rings (SSSR count). The first kappa shape index (κ1) is 13.8. The Balaban J connectivity index is 2.34. The van der Waals surface area contributed by atoms with Gasteiger partial charge in [0.2, 0.25) is 0 Å². The van der Waals surface area contributed by atoms with Gasteiger partial charge in [-0.1, -0.05) is 18.2 Å². The molecular weight excluding hydrogens is 262 g/mol. The number of nitrogens with zero attached hydrogens (tertiary/aromatic N) is 1. The highest BCUT2D eigenvalue weighted by Crippen LogP contribution is 2.33. The fraction of sp³-hybridized carbons (Fsp3) is 0.143. The van der Waals surface area contributed by atoms with Crippen molar-refractivity contribution in [3.8, 4) is 17.2 Å². The van der Waals surface area contributed by atoms with E-state index in [4.69, 9.17) is 9.47 Å². The molecule has 0 radical (unpaired) electrons. The number of aliphatic hydroxyl groups is 1. The fourth-order valence-corrected chi connectivity index (χ4v) is 1.74. The summed E-state index contributed by atoms with van der Waals surface area (Å²) < 4.78 is 10.5. The van der Waals surface area contributed by atoms with E-state index in [-0.39, 0.29) is 18.0 Å². The SMILES string of the molecule is COc1ccc(Oc2ccccc2CO)cc1[N+](=O)[O-]. The average Bonchev–Trinajstić information content (AvgIpc) is 2.47. The minimum Gasteiger partial charge on any atom is -0.490 e. The normalized spacial score (nSPS) is 10.1. The number of aliphatic hydroxyl groups excluding tert-OH is 1. The number of rotatable bonds is 5. The van der Waals surface area contributed by atoms with Crippen LogP contribution in [0.1, 0.15) is 5.56 Å². The topological polar surface area (TPSA) is 81.8 Å². The van der Waals surface area contributed by atoms with E-state index in [1.165, 1.54) is 19.2 Å². The summed E-state index contributed by atoms with van der Waals surface area (Å²) in [7, 11) is 1.37. The van der Waals surface area contributed by atoms with Crippen LogP contribution in [0.3, 0.4) is 0 Å². The van der Waals surface area contributed by atoms with E-state index < -0.39 is 4.92 Å². The number of nitro groups is 1. The van der Waals surface area contributed by atoms with Crippen molar-refractivity contribution < 1.29 is 19.5 Å². The molecule has 0 fully saturated rings. The molecule has 0 saturated carbocycles. The van der Waals surface area contributed by atoms with Crippen molar-refractivity contribution in [1.82, 2.24) is 0 Å². The Morgan fingerprint density at radius 1 is 1.20 bits per heavy atom. The van der Waals surface area contributed by atoms with Crippen molar-refractivity contribution in [2.45, 2.75) is 6.61 Å². The highest BCUT2D eigenvalue weighted by Gasteiger charge is 2.16. The Bertz CT molecular complexity index is 627. The molecule has 0 saturated heterocycles. The van der Waals surface area contributed by atoms with Crippen LogP contribution in [0.15, 0.2) is 42.5 Å². The van der Waals surface area contributed by atoms with Crippen molar-refractivity contribution in [3.63, 3.8) is 0 Å². The van der Waals surface area contributed by atoms with Gasteiger partial charge in [0.15, 0.2) is 5.75 Å². The molecule has 1 N–H and O–H groups in total. The summed E-state index contributed by atoms with van der Waals surface area (Å²) in [5, 5.41) is 20.2. The number of hydrogen-bond donors (Lipinski definition) is 1. The Kier molecular flexibility index (Phi) is 4.17. The van der Waals surface area contributed by atoms with Crippen LogP contribution >= 0.6 is 0 Å². The number of ether oxygens (including phenoxy) is 2. The molecule has 0 heterocycles. The third-order valence-electron chi connectivity index (χ3n) is 2.72. The van der Waals surface area contributed by atoms with Gasteiger partial charge in [-0.15, -0.1) is 0 Å². The summed E-state index contributed by atoms with van der Waals surface area (Å²) in [5.41, 5.74) is 0.428. The van der Waals surface area contributed by atoms with Gasteiger partial charge in [-0.05, 0) is 18.2 Å². The third kappa shape index (κ3) is 2.86. The van der Waals surface area contributed by atoms with Gasteiger partial charge in [-0.25, -0.2) is 0 Å². The van der Waals surface area contributed by atoms with E-state index in [0.29, 0.717) is 17.1 Å². The summed E-state index contributed by atoms with van der Waals surface area (Å²) >= 11 is 0. The van der Waals surface area contributed by atoms with E-state index in [1.54, 1.807) is 30.3 Å². The Morgan fingerprint density at radius 2 is 1.95 bits per heavy atom. The van der Waals surface area contributed by atoms with Crippen molar-refractivity contribution in [2.24, 2.45) is 0 Å². The Labute approximate surface area is 115 Å². The monoisotopic (exact) mass is 275 g/mol. The quantitative estimate of drug-likeness (QED) is 0.670. The smallest absolute Gasteiger partial charge is 0.314 e. The zero-order valence-corrected chi connectivity index (χ0v) is 10.8. The lowest BCUT2D eigenvalue weighted by Crippen LogP contribution is -1.95. The molecule has 0 aliphatic carbocycles. The lowest BCUT2D eigenvalue weighted by Gasteiger charge is -2.10. The van der Waals surface area contributed by atoms with Gasteiger partial charge in [0.25, 0.3) is 0 Å². The second-order valence-electron chi connectivity index (χ2n) is 3.96. The molecule has 0 atom stereocenters. The van der Waals surface area contributed by atoms with Crippen molar-refractivity contribution in [1.29, 1.82) is 0 Å².